The Morgan fingerprint density at radius 1 is 1.13 bits per heavy atom. The molecular formula is C21H21FO. The molecule has 0 fully saturated rings. The van der Waals surface area contributed by atoms with Crippen LogP contribution in [0.2, 0.25) is 0 Å². The van der Waals surface area contributed by atoms with Gasteiger partial charge in [-0.15, -0.1) is 6.58 Å². The van der Waals surface area contributed by atoms with Crippen LogP contribution in [-0.2, 0) is 17.6 Å². The zero-order chi connectivity index (χ0) is 16.8. The van der Waals surface area contributed by atoms with Gasteiger partial charge < -0.3 is 0 Å². The van der Waals surface area contributed by atoms with Crippen molar-refractivity contribution < 1.29 is 9.18 Å². The van der Waals surface area contributed by atoms with Gasteiger partial charge in [-0.1, -0.05) is 48.6 Å². The first-order valence-electron chi connectivity index (χ1n) is 7.67. The van der Waals surface area contributed by atoms with E-state index in [-0.39, 0.29) is 18.0 Å². The summed E-state index contributed by atoms with van der Waals surface area (Å²) in [5.41, 5.74) is 4.58. The molecule has 0 radical (unpaired) electrons. The maximum atomic E-state index is 14.1. The van der Waals surface area contributed by atoms with E-state index in [4.69, 9.17) is 0 Å². The molecule has 0 saturated carbocycles. The first-order valence-corrected chi connectivity index (χ1v) is 7.67. The van der Waals surface area contributed by atoms with Crippen LogP contribution in [-0.4, -0.2) is 5.78 Å². The van der Waals surface area contributed by atoms with E-state index in [9.17, 15) is 9.18 Å². The summed E-state index contributed by atoms with van der Waals surface area (Å²) >= 11 is 0. The minimum atomic E-state index is -0.357. The molecule has 2 aromatic rings. The lowest BCUT2D eigenvalue weighted by molar-refractivity contribution is -0.114. The zero-order valence-corrected chi connectivity index (χ0v) is 13.4. The molecule has 0 aliphatic rings. The minimum Gasteiger partial charge on any atom is -0.295 e. The van der Waals surface area contributed by atoms with Crippen LogP contribution >= 0.6 is 0 Å². The zero-order valence-electron chi connectivity index (χ0n) is 13.4. The minimum absolute atomic E-state index is 0.0510. The Morgan fingerprint density at radius 3 is 2.35 bits per heavy atom. The van der Waals surface area contributed by atoms with Crippen LogP contribution in [0.15, 0.2) is 67.3 Å². The van der Waals surface area contributed by atoms with E-state index in [2.05, 4.69) is 25.3 Å². The van der Waals surface area contributed by atoms with Crippen LogP contribution in [0.3, 0.4) is 0 Å². The molecule has 2 rings (SSSR count). The van der Waals surface area contributed by atoms with Gasteiger partial charge in [0.25, 0.3) is 0 Å². The van der Waals surface area contributed by atoms with Gasteiger partial charge in [0.2, 0.25) is 0 Å². The molecule has 0 unspecified atom stereocenters. The van der Waals surface area contributed by atoms with Gasteiger partial charge in [0.15, 0.2) is 5.78 Å². The summed E-state index contributed by atoms with van der Waals surface area (Å²) in [6.45, 7) is 9.34. The molecule has 2 aromatic carbocycles. The van der Waals surface area contributed by atoms with Gasteiger partial charge in [-0.3, -0.25) is 4.79 Å². The molecule has 0 aliphatic carbocycles. The Morgan fingerprint density at radius 2 is 1.78 bits per heavy atom. The molecule has 118 valence electrons. The number of hydrogen-bond donors (Lipinski definition) is 0. The summed E-state index contributed by atoms with van der Waals surface area (Å²) in [4.78, 5) is 11.3. The van der Waals surface area contributed by atoms with E-state index in [0.717, 1.165) is 24.0 Å². The topological polar surface area (TPSA) is 17.1 Å². The van der Waals surface area contributed by atoms with Gasteiger partial charge in [-0.05, 0) is 54.2 Å². The Kier molecular flexibility index (Phi) is 5.64. The molecule has 2 heteroatoms. The normalized spacial score (nSPS) is 10.3. The average molecular weight is 308 g/mol. The van der Waals surface area contributed by atoms with Gasteiger partial charge >= 0.3 is 0 Å². The summed E-state index contributed by atoms with van der Waals surface area (Å²) in [5, 5.41) is 0. The largest absolute Gasteiger partial charge is 0.295 e. The van der Waals surface area contributed by atoms with E-state index >= 15 is 0 Å². The van der Waals surface area contributed by atoms with Crippen LogP contribution < -0.4 is 0 Å². The highest BCUT2D eigenvalue weighted by Gasteiger charge is 2.08. The third kappa shape index (κ3) is 4.75. The number of benzene rings is 2. The second-order valence-electron chi connectivity index (χ2n) is 5.81. The van der Waals surface area contributed by atoms with Crippen molar-refractivity contribution in [3.63, 3.8) is 0 Å². The highest BCUT2D eigenvalue weighted by molar-refractivity contribution is 5.91. The average Bonchev–Trinajstić information content (AvgIpc) is 2.55. The lowest BCUT2D eigenvalue weighted by Crippen LogP contribution is -2.00. The number of carbonyl (C=O) groups excluding carboxylic acids is 1. The maximum absolute atomic E-state index is 14.1. The molecule has 0 saturated heterocycles. The van der Waals surface area contributed by atoms with Gasteiger partial charge in [0, 0.05) is 6.42 Å². The predicted octanol–water partition coefficient (Wildman–Crippen LogP) is 5.30. The van der Waals surface area contributed by atoms with Crippen molar-refractivity contribution in [2.24, 2.45) is 0 Å². The van der Waals surface area contributed by atoms with Crippen molar-refractivity contribution in [1.82, 2.24) is 0 Å². The highest BCUT2D eigenvalue weighted by atomic mass is 19.1. The molecule has 0 amide bonds. The lowest BCUT2D eigenvalue weighted by atomic mass is 9.99. The molecule has 0 heterocycles. The fourth-order valence-electron chi connectivity index (χ4n) is 2.35. The summed E-state index contributed by atoms with van der Waals surface area (Å²) in [6.07, 6.45) is 3.21. The molecule has 0 N–H and O–H groups in total. The van der Waals surface area contributed by atoms with Gasteiger partial charge in [-0.2, -0.15) is 0 Å². The summed E-state index contributed by atoms with van der Waals surface area (Å²) in [6, 6.07) is 13.1. The van der Waals surface area contributed by atoms with Crippen molar-refractivity contribution in [2.75, 3.05) is 0 Å². The van der Waals surface area contributed by atoms with Gasteiger partial charge in [0.05, 0.1) is 0 Å². The van der Waals surface area contributed by atoms with Gasteiger partial charge in [-0.25, -0.2) is 4.39 Å². The van der Waals surface area contributed by atoms with Crippen molar-refractivity contribution in [1.29, 1.82) is 0 Å². The lowest BCUT2D eigenvalue weighted by Gasteiger charge is -2.07. The SMILES string of the molecule is C=CC(=O)Cc1ccc(-c2ccc(CCC(=C)C)cc2)cc1F. The number of aryl methyl sites for hydroxylation is 1. The monoisotopic (exact) mass is 308 g/mol. The molecule has 0 atom stereocenters. The summed E-state index contributed by atoms with van der Waals surface area (Å²) in [5.74, 6) is -0.539. The van der Waals surface area contributed by atoms with Crippen molar-refractivity contribution in [3.05, 3.63) is 84.2 Å². The first-order chi connectivity index (χ1) is 11.0. The van der Waals surface area contributed by atoms with Crippen LogP contribution in [0, 0.1) is 5.82 Å². The summed E-state index contributed by atoms with van der Waals surface area (Å²) < 4.78 is 14.1. The van der Waals surface area contributed by atoms with Gasteiger partial charge in [0.1, 0.15) is 5.82 Å². The Hall–Kier alpha value is -2.48. The van der Waals surface area contributed by atoms with Crippen LogP contribution in [0.1, 0.15) is 24.5 Å². The third-order valence-electron chi connectivity index (χ3n) is 3.77. The quantitative estimate of drug-likeness (QED) is 0.501. The van der Waals surface area contributed by atoms with Crippen LogP contribution in [0.4, 0.5) is 4.39 Å². The number of hydrogen-bond acceptors (Lipinski definition) is 1. The third-order valence-corrected chi connectivity index (χ3v) is 3.77. The highest BCUT2D eigenvalue weighted by Crippen LogP contribution is 2.23. The van der Waals surface area contributed by atoms with Crippen LogP contribution in [0.25, 0.3) is 11.1 Å². The van der Waals surface area contributed by atoms with Crippen molar-refractivity contribution in [3.8, 4) is 11.1 Å². The Labute approximate surface area is 137 Å². The molecule has 0 aliphatic heterocycles. The Balaban J connectivity index is 2.15. The maximum Gasteiger partial charge on any atom is 0.159 e. The number of allylic oxidation sites excluding steroid dienone is 2. The number of ketones is 1. The standard InChI is InChI=1S/C21H21FO/c1-4-20(23)13-19-12-11-18(14-21(19)22)17-9-7-16(8-10-17)6-5-15(2)3/h4,7-12,14H,1-2,5-6,13H2,3H3. The molecule has 0 bridgehead atoms. The molecular weight excluding hydrogens is 287 g/mol. The van der Waals surface area contributed by atoms with E-state index in [0.29, 0.717) is 5.56 Å². The van der Waals surface area contributed by atoms with Crippen molar-refractivity contribution >= 4 is 5.78 Å². The fraction of sp³-hybridized carbons (Fsp3) is 0.190. The molecule has 0 aromatic heterocycles. The van der Waals surface area contributed by atoms with E-state index < -0.39 is 0 Å². The number of rotatable bonds is 7. The smallest absolute Gasteiger partial charge is 0.159 e. The number of carbonyl (C=O) groups is 1. The second-order valence-corrected chi connectivity index (χ2v) is 5.81. The predicted molar refractivity (Wildman–Crippen MR) is 93.9 cm³/mol. The van der Waals surface area contributed by atoms with E-state index in [1.165, 1.54) is 23.3 Å². The van der Waals surface area contributed by atoms with Crippen molar-refractivity contribution in [2.45, 2.75) is 26.2 Å². The first kappa shape index (κ1) is 16.9. The molecule has 0 spiro atoms. The fourth-order valence-corrected chi connectivity index (χ4v) is 2.35. The Bertz CT molecular complexity index is 726. The van der Waals surface area contributed by atoms with Crippen LogP contribution in [0.5, 0.6) is 0 Å². The van der Waals surface area contributed by atoms with E-state index in [1.54, 1.807) is 6.07 Å². The van der Waals surface area contributed by atoms with E-state index in [1.807, 2.05) is 25.1 Å². The summed E-state index contributed by atoms with van der Waals surface area (Å²) in [7, 11) is 0. The molecule has 1 nitrogen and oxygen atoms in total. The second kappa shape index (κ2) is 7.68. The molecule has 23 heavy (non-hydrogen) atoms. The number of halogens is 1.